The highest BCUT2D eigenvalue weighted by Crippen LogP contribution is 2.27. The Hall–Kier alpha value is -1.98. The van der Waals surface area contributed by atoms with Crippen LogP contribution in [0.2, 0.25) is 0 Å². The van der Waals surface area contributed by atoms with E-state index in [1.165, 1.54) is 11.9 Å². The van der Waals surface area contributed by atoms with E-state index in [4.69, 9.17) is 0 Å². The molecule has 0 unspecified atom stereocenters. The summed E-state index contributed by atoms with van der Waals surface area (Å²) in [5.41, 5.74) is -0.171. The minimum atomic E-state index is -0.958. The van der Waals surface area contributed by atoms with Crippen LogP contribution in [0.1, 0.15) is 6.92 Å². The first kappa shape index (κ1) is 13.1. The van der Waals surface area contributed by atoms with Crippen LogP contribution in [0.25, 0.3) is 0 Å². The van der Waals surface area contributed by atoms with Crippen LogP contribution in [-0.4, -0.2) is 18.5 Å². The zero-order valence-corrected chi connectivity index (χ0v) is 9.54. The summed E-state index contributed by atoms with van der Waals surface area (Å²) in [7, 11) is 1.49. The van der Waals surface area contributed by atoms with Crippen LogP contribution in [0.15, 0.2) is 24.3 Å². The first-order valence-corrected chi connectivity index (χ1v) is 4.82. The second-order valence-corrected chi connectivity index (χ2v) is 3.83. The van der Waals surface area contributed by atoms with Gasteiger partial charge in [-0.25, -0.2) is 8.78 Å². The Morgan fingerprint density at radius 2 is 1.94 bits per heavy atom. The average molecular weight is 242 g/mol. The Morgan fingerprint density at radius 1 is 1.47 bits per heavy atom. The quantitative estimate of drug-likeness (QED) is 0.463. The van der Waals surface area contributed by atoms with Gasteiger partial charge in [0.15, 0.2) is 11.6 Å². The normalized spacial score (nSPS) is 10.1. The van der Waals surface area contributed by atoms with Gasteiger partial charge in [0, 0.05) is 13.6 Å². The molecule has 0 amide bonds. The van der Waals surface area contributed by atoms with E-state index in [0.717, 1.165) is 5.57 Å². The van der Waals surface area contributed by atoms with Crippen molar-refractivity contribution in [3.63, 3.8) is 0 Å². The number of rotatable bonds is 4. The van der Waals surface area contributed by atoms with Crippen molar-refractivity contribution in [2.45, 2.75) is 6.92 Å². The van der Waals surface area contributed by atoms with Crippen LogP contribution < -0.4 is 4.90 Å². The summed E-state index contributed by atoms with van der Waals surface area (Å²) < 4.78 is 27.1. The highest BCUT2D eigenvalue weighted by atomic mass is 19.1. The molecule has 0 N–H and O–H groups in total. The number of nitro groups is 1. The molecule has 0 fully saturated rings. The molecule has 1 rings (SSSR count). The van der Waals surface area contributed by atoms with Crippen LogP contribution in [0.5, 0.6) is 0 Å². The lowest BCUT2D eigenvalue weighted by molar-refractivity contribution is -0.385. The maximum absolute atomic E-state index is 13.6. The lowest BCUT2D eigenvalue weighted by Gasteiger charge is -2.20. The second kappa shape index (κ2) is 4.90. The summed E-state index contributed by atoms with van der Waals surface area (Å²) in [6.45, 7) is 5.62. The molecule has 0 bridgehead atoms. The van der Waals surface area contributed by atoms with Gasteiger partial charge in [0.25, 0.3) is 5.69 Å². The minimum absolute atomic E-state index is 0.269. The molecule has 6 heteroatoms. The number of benzene rings is 1. The minimum Gasteiger partial charge on any atom is -0.366 e. The molecule has 0 radical (unpaired) electrons. The molecule has 0 aliphatic heterocycles. The van der Waals surface area contributed by atoms with Crippen molar-refractivity contribution < 1.29 is 13.7 Å². The highest BCUT2D eigenvalue weighted by molar-refractivity contribution is 5.53. The number of non-ortho nitro benzene ring substituents is 1. The molecular weight excluding hydrogens is 230 g/mol. The molecule has 0 atom stereocenters. The fourth-order valence-corrected chi connectivity index (χ4v) is 1.51. The smallest absolute Gasteiger partial charge is 0.275 e. The molecular formula is C11H12F2N2O2. The number of nitrogens with zero attached hydrogens (tertiary/aromatic N) is 2. The van der Waals surface area contributed by atoms with Crippen molar-refractivity contribution in [2.24, 2.45) is 0 Å². The predicted octanol–water partition coefficient (Wildman–Crippen LogP) is 2.89. The summed E-state index contributed by atoms with van der Waals surface area (Å²) in [6, 6.07) is 1.40. The van der Waals surface area contributed by atoms with Gasteiger partial charge in [-0.2, -0.15) is 0 Å². The molecule has 0 spiro atoms. The summed E-state index contributed by atoms with van der Waals surface area (Å²) in [5, 5.41) is 10.4. The zero-order valence-electron chi connectivity index (χ0n) is 9.54. The van der Waals surface area contributed by atoms with E-state index in [0.29, 0.717) is 12.1 Å². The van der Waals surface area contributed by atoms with Crippen LogP contribution in [0, 0.1) is 21.7 Å². The van der Waals surface area contributed by atoms with Crippen LogP contribution >= 0.6 is 0 Å². The molecule has 0 aliphatic rings. The molecule has 4 nitrogen and oxygen atoms in total. The standard InChI is InChI=1S/C11H12F2N2O2/c1-7(2)6-14(3)11-9(12)4-8(15(16)17)5-10(11)13/h4-5H,1,6H2,2-3H3. The van der Waals surface area contributed by atoms with Crippen molar-refractivity contribution >= 4 is 11.4 Å². The number of hydrogen-bond donors (Lipinski definition) is 0. The third-order valence-electron chi connectivity index (χ3n) is 2.10. The SMILES string of the molecule is C=C(C)CN(C)c1c(F)cc([N+](=O)[O-])cc1F. The van der Waals surface area contributed by atoms with E-state index >= 15 is 0 Å². The lowest BCUT2D eigenvalue weighted by atomic mass is 10.2. The van der Waals surface area contributed by atoms with E-state index in [-0.39, 0.29) is 12.2 Å². The summed E-state index contributed by atoms with van der Waals surface area (Å²) in [5.74, 6) is -1.92. The maximum atomic E-state index is 13.6. The van der Waals surface area contributed by atoms with Gasteiger partial charge >= 0.3 is 0 Å². The number of halogens is 2. The fourth-order valence-electron chi connectivity index (χ4n) is 1.51. The van der Waals surface area contributed by atoms with E-state index in [2.05, 4.69) is 6.58 Å². The highest BCUT2D eigenvalue weighted by Gasteiger charge is 2.19. The summed E-state index contributed by atoms with van der Waals surface area (Å²) in [6.07, 6.45) is 0. The topological polar surface area (TPSA) is 46.4 Å². The van der Waals surface area contributed by atoms with Crippen molar-refractivity contribution in [3.8, 4) is 0 Å². The molecule has 0 aliphatic carbocycles. The molecule has 17 heavy (non-hydrogen) atoms. The molecule has 0 saturated carbocycles. The molecule has 0 aromatic heterocycles. The Balaban J connectivity index is 3.17. The monoisotopic (exact) mass is 242 g/mol. The second-order valence-electron chi connectivity index (χ2n) is 3.83. The van der Waals surface area contributed by atoms with Gasteiger partial charge in [-0.3, -0.25) is 10.1 Å². The summed E-state index contributed by atoms with van der Waals surface area (Å²) >= 11 is 0. The number of anilines is 1. The van der Waals surface area contributed by atoms with E-state index < -0.39 is 22.2 Å². The van der Waals surface area contributed by atoms with Crippen LogP contribution in [-0.2, 0) is 0 Å². The summed E-state index contributed by atoms with van der Waals surface area (Å²) in [4.78, 5) is 10.9. The third kappa shape index (κ3) is 2.99. The van der Waals surface area contributed by atoms with E-state index in [9.17, 15) is 18.9 Å². The van der Waals surface area contributed by atoms with Gasteiger partial charge in [-0.15, -0.1) is 0 Å². The molecule has 1 aromatic carbocycles. The Kier molecular flexibility index (Phi) is 3.77. The molecule has 0 saturated heterocycles. The van der Waals surface area contributed by atoms with Gasteiger partial charge in [0.05, 0.1) is 17.1 Å². The third-order valence-corrected chi connectivity index (χ3v) is 2.10. The van der Waals surface area contributed by atoms with Crippen molar-refractivity contribution in [2.75, 3.05) is 18.5 Å². The van der Waals surface area contributed by atoms with Gasteiger partial charge in [-0.1, -0.05) is 12.2 Å². The van der Waals surface area contributed by atoms with Crippen molar-refractivity contribution in [1.82, 2.24) is 0 Å². The Labute approximate surface area is 97.3 Å². The maximum Gasteiger partial charge on any atom is 0.275 e. The van der Waals surface area contributed by atoms with Crippen molar-refractivity contribution in [1.29, 1.82) is 0 Å². The van der Waals surface area contributed by atoms with Gasteiger partial charge < -0.3 is 4.90 Å². The lowest BCUT2D eigenvalue weighted by Crippen LogP contribution is -2.21. The van der Waals surface area contributed by atoms with Crippen LogP contribution in [0.4, 0.5) is 20.2 Å². The molecule has 1 aromatic rings. The largest absolute Gasteiger partial charge is 0.366 e. The van der Waals surface area contributed by atoms with Gasteiger partial charge in [0.2, 0.25) is 0 Å². The Bertz CT molecular complexity index is 452. The zero-order chi connectivity index (χ0) is 13.2. The predicted molar refractivity (Wildman–Crippen MR) is 61.1 cm³/mol. The average Bonchev–Trinajstić information content (AvgIpc) is 2.14. The Morgan fingerprint density at radius 3 is 2.29 bits per heavy atom. The van der Waals surface area contributed by atoms with Crippen LogP contribution in [0.3, 0.4) is 0 Å². The molecule has 0 heterocycles. The van der Waals surface area contributed by atoms with E-state index in [1.54, 1.807) is 6.92 Å². The fraction of sp³-hybridized carbons (Fsp3) is 0.273. The number of nitro benzene ring substituents is 1. The van der Waals surface area contributed by atoms with Crippen molar-refractivity contribution in [3.05, 3.63) is 46.0 Å². The molecule has 92 valence electrons. The first-order valence-electron chi connectivity index (χ1n) is 4.82. The number of hydrogen-bond acceptors (Lipinski definition) is 3. The number of likely N-dealkylation sites (N-methyl/N-ethyl adjacent to an activating group) is 1. The van der Waals surface area contributed by atoms with Gasteiger partial charge in [-0.05, 0) is 6.92 Å². The van der Waals surface area contributed by atoms with E-state index in [1.807, 2.05) is 0 Å². The first-order chi connectivity index (χ1) is 7.82. The van der Waals surface area contributed by atoms with Gasteiger partial charge in [0.1, 0.15) is 5.69 Å².